The Morgan fingerprint density at radius 1 is 1.31 bits per heavy atom. The summed E-state index contributed by atoms with van der Waals surface area (Å²) in [7, 11) is 1.76. The number of hydrogen-bond donors (Lipinski definition) is 0. The van der Waals surface area contributed by atoms with E-state index in [4.69, 9.17) is 16.3 Å². The summed E-state index contributed by atoms with van der Waals surface area (Å²) in [6.45, 7) is 2.87. The second-order valence-corrected chi connectivity index (χ2v) is 4.03. The third-order valence-corrected chi connectivity index (χ3v) is 2.96. The number of alkyl halides is 1. The number of nitrogens with zero attached hydrogens (tertiary/aromatic N) is 1. The van der Waals surface area contributed by atoms with Crippen LogP contribution in [-0.2, 0) is 4.74 Å². The van der Waals surface area contributed by atoms with Crippen molar-refractivity contribution in [3.05, 3.63) is 0 Å². The van der Waals surface area contributed by atoms with Crippen LogP contribution in [0.2, 0.25) is 0 Å². The third-order valence-electron chi connectivity index (χ3n) is 2.80. The van der Waals surface area contributed by atoms with Gasteiger partial charge in [0.15, 0.2) is 0 Å². The molecule has 0 N–H and O–H groups in total. The van der Waals surface area contributed by atoms with Crippen LogP contribution in [0.15, 0.2) is 0 Å². The van der Waals surface area contributed by atoms with Crippen molar-refractivity contribution in [3.63, 3.8) is 0 Å². The SMILES string of the molecule is COCCN(CCCl)C1CCCC1. The van der Waals surface area contributed by atoms with E-state index in [0.717, 1.165) is 31.6 Å². The second kappa shape index (κ2) is 6.63. The summed E-state index contributed by atoms with van der Waals surface area (Å²) in [5.41, 5.74) is 0. The smallest absolute Gasteiger partial charge is 0.0589 e. The highest BCUT2D eigenvalue weighted by Crippen LogP contribution is 2.23. The summed E-state index contributed by atoms with van der Waals surface area (Å²) in [6, 6.07) is 0.772. The van der Waals surface area contributed by atoms with Gasteiger partial charge >= 0.3 is 0 Å². The quantitative estimate of drug-likeness (QED) is 0.616. The van der Waals surface area contributed by atoms with Crippen LogP contribution in [0.25, 0.3) is 0 Å². The molecule has 0 bridgehead atoms. The summed E-state index contributed by atoms with van der Waals surface area (Å²) in [5, 5.41) is 0. The molecule has 1 fully saturated rings. The van der Waals surface area contributed by atoms with E-state index in [1.165, 1.54) is 25.7 Å². The Morgan fingerprint density at radius 3 is 2.54 bits per heavy atom. The normalized spacial score (nSPS) is 18.7. The molecule has 1 aliphatic carbocycles. The average Bonchev–Trinajstić information content (AvgIpc) is 2.65. The van der Waals surface area contributed by atoms with Gasteiger partial charge in [-0.05, 0) is 12.8 Å². The van der Waals surface area contributed by atoms with Gasteiger partial charge in [-0.2, -0.15) is 0 Å². The Kier molecular flexibility index (Phi) is 5.76. The molecule has 0 aromatic heterocycles. The zero-order valence-electron chi connectivity index (χ0n) is 8.47. The minimum Gasteiger partial charge on any atom is -0.383 e. The molecule has 0 saturated heterocycles. The highest BCUT2D eigenvalue weighted by atomic mass is 35.5. The van der Waals surface area contributed by atoms with Gasteiger partial charge in [0.25, 0.3) is 0 Å². The molecule has 0 radical (unpaired) electrons. The molecule has 0 aromatic rings. The minimum absolute atomic E-state index is 0.736. The van der Waals surface area contributed by atoms with Crippen molar-refractivity contribution in [1.29, 1.82) is 0 Å². The first-order chi connectivity index (χ1) is 6.38. The predicted octanol–water partition coefficient (Wildman–Crippen LogP) is 2.12. The van der Waals surface area contributed by atoms with Gasteiger partial charge in [0, 0.05) is 32.1 Å². The van der Waals surface area contributed by atoms with Crippen molar-refractivity contribution < 1.29 is 4.74 Å². The zero-order chi connectivity index (χ0) is 9.52. The summed E-state index contributed by atoms with van der Waals surface area (Å²) >= 11 is 5.77. The lowest BCUT2D eigenvalue weighted by Gasteiger charge is -2.27. The number of ether oxygens (including phenoxy) is 1. The minimum atomic E-state index is 0.736. The van der Waals surface area contributed by atoms with Crippen LogP contribution in [0.3, 0.4) is 0 Å². The van der Waals surface area contributed by atoms with Crippen molar-refractivity contribution in [1.82, 2.24) is 4.90 Å². The summed E-state index contributed by atoms with van der Waals surface area (Å²) in [5.74, 6) is 0.736. The predicted molar refractivity (Wildman–Crippen MR) is 56.4 cm³/mol. The van der Waals surface area contributed by atoms with E-state index in [2.05, 4.69) is 4.90 Å². The topological polar surface area (TPSA) is 12.5 Å². The van der Waals surface area contributed by atoms with Crippen molar-refractivity contribution in [2.45, 2.75) is 31.7 Å². The van der Waals surface area contributed by atoms with Crippen LogP contribution in [0.1, 0.15) is 25.7 Å². The molecule has 0 atom stereocenters. The highest BCUT2D eigenvalue weighted by molar-refractivity contribution is 6.18. The van der Waals surface area contributed by atoms with Crippen LogP contribution in [-0.4, -0.2) is 43.6 Å². The molecule has 13 heavy (non-hydrogen) atoms. The monoisotopic (exact) mass is 205 g/mol. The van der Waals surface area contributed by atoms with Gasteiger partial charge in [0.2, 0.25) is 0 Å². The van der Waals surface area contributed by atoms with E-state index in [9.17, 15) is 0 Å². The Balaban J connectivity index is 2.26. The van der Waals surface area contributed by atoms with Crippen LogP contribution in [0, 0.1) is 0 Å². The van der Waals surface area contributed by atoms with E-state index in [1.807, 2.05) is 0 Å². The molecular weight excluding hydrogens is 186 g/mol. The molecule has 0 unspecified atom stereocenters. The lowest BCUT2D eigenvalue weighted by Crippen LogP contribution is -2.37. The maximum absolute atomic E-state index is 5.77. The first-order valence-corrected chi connectivity index (χ1v) is 5.71. The number of methoxy groups -OCH3 is 1. The van der Waals surface area contributed by atoms with Crippen LogP contribution >= 0.6 is 11.6 Å². The van der Waals surface area contributed by atoms with E-state index in [1.54, 1.807) is 7.11 Å². The highest BCUT2D eigenvalue weighted by Gasteiger charge is 2.21. The Hall–Kier alpha value is 0.210. The van der Waals surface area contributed by atoms with Gasteiger partial charge in [-0.15, -0.1) is 11.6 Å². The zero-order valence-corrected chi connectivity index (χ0v) is 9.22. The molecule has 0 spiro atoms. The number of rotatable bonds is 6. The largest absolute Gasteiger partial charge is 0.383 e. The molecule has 1 rings (SSSR count). The lowest BCUT2D eigenvalue weighted by atomic mass is 10.2. The van der Waals surface area contributed by atoms with Gasteiger partial charge in [-0.3, -0.25) is 4.90 Å². The lowest BCUT2D eigenvalue weighted by molar-refractivity contribution is 0.125. The van der Waals surface area contributed by atoms with Crippen LogP contribution < -0.4 is 0 Å². The molecule has 3 heteroatoms. The number of hydrogen-bond acceptors (Lipinski definition) is 2. The first kappa shape index (κ1) is 11.3. The molecule has 0 aliphatic heterocycles. The van der Waals surface area contributed by atoms with E-state index in [0.29, 0.717) is 0 Å². The van der Waals surface area contributed by atoms with Crippen LogP contribution in [0.4, 0.5) is 0 Å². The van der Waals surface area contributed by atoms with Crippen molar-refractivity contribution in [2.75, 3.05) is 32.7 Å². The fraction of sp³-hybridized carbons (Fsp3) is 1.00. The van der Waals surface area contributed by atoms with Gasteiger partial charge in [-0.1, -0.05) is 12.8 Å². The first-order valence-electron chi connectivity index (χ1n) is 5.17. The molecule has 1 saturated carbocycles. The van der Waals surface area contributed by atoms with Gasteiger partial charge < -0.3 is 4.74 Å². The van der Waals surface area contributed by atoms with E-state index in [-0.39, 0.29) is 0 Å². The van der Waals surface area contributed by atoms with Gasteiger partial charge in [-0.25, -0.2) is 0 Å². The van der Waals surface area contributed by atoms with E-state index < -0.39 is 0 Å². The van der Waals surface area contributed by atoms with Crippen molar-refractivity contribution >= 4 is 11.6 Å². The molecule has 1 aliphatic rings. The van der Waals surface area contributed by atoms with Crippen LogP contribution in [0.5, 0.6) is 0 Å². The maximum atomic E-state index is 5.77. The van der Waals surface area contributed by atoms with Gasteiger partial charge in [0.1, 0.15) is 0 Å². The molecular formula is C10H20ClNO. The third kappa shape index (κ3) is 3.84. The molecule has 0 aromatic carbocycles. The molecule has 2 nitrogen and oxygen atoms in total. The van der Waals surface area contributed by atoms with Gasteiger partial charge in [0.05, 0.1) is 6.61 Å². The Labute approximate surface area is 86.2 Å². The Bertz CT molecular complexity index is 126. The molecule has 0 amide bonds. The standard InChI is InChI=1S/C10H20ClNO/c1-13-9-8-12(7-6-11)10-4-2-3-5-10/h10H,2-9H2,1H3. The Morgan fingerprint density at radius 2 is 2.00 bits per heavy atom. The fourth-order valence-electron chi connectivity index (χ4n) is 2.06. The molecule has 78 valence electrons. The summed E-state index contributed by atoms with van der Waals surface area (Å²) < 4.78 is 5.09. The maximum Gasteiger partial charge on any atom is 0.0589 e. The average molecular weight is 206 g/mol. The fourth-order valence-corrected chi connectivity index (χ4v) is 2.28. The summed E-state index contributed by atoms with van der Waals surface area (Å²) in [6.07, 6.45) is 5.47. The second-order valence-electron chi connectivity index (χ2n) is 3.66. The van der Waals surface area contributed by atoms with Crippen molar-refractivity contribution in [2.24, 2.45) is 0 Å². The summed E-state index contributed by atoms with van der Waals surface area (Å²) in [4.78, 5) is 2.48. The number of halogens is 1. The van der Waals surface area contributed by atoms with E-state index >= 15 is 0 Å². The van der Waals surface area contributed by atoms with Crippen molar-refractivity contribution in [3.8, 4) is 0 Å². The molecule has 0 heterocycles.